The zero-order chi connectivity index (χ0) is 19.5. The highest BCUT2D eigenvalue weighted by molar-refractivity contribution is 5.66. The fraction of sp³-hybridized carbons (Fsp3) is 0.429. The van der Waals surface area contributed by atoms with E-state index in [2.05, 4.69) is 88.4 Å². The Labute approximate surface area is 170 Å². The summed E-state index contributed by atoms with van der Waals surface area (Å²) in [6.45, 7) is 9.72. The molecule has 2 atom stereocenters. The Balaban J connectivity index is 1.42. The van der Waals surface area contributed by atoms with Crippen molar-refractivity contribution in [3.8, 4) is 0 Å². The summed E-state index contributed by atoms with van der Waals surface area (Å²) in [6.07, 6.45) is 14.6. The van der Waals surface area contributed by atoms with Crippen LogP contribution in [0.25, 0.3) is 12.2 Å². The third-order valence-corrected chi connectivity index (χ3v) is 7.66. The second kappa shape index (κ2) is 6.21. The van der Waals surface area contributed by atoms with E-state index >= 15 is 0 Å². The van der Waals surface area contributed by atoms with Gasteiger partial charge in [-0.25, -0.2) is 0 Å². The summed E-state index contributed by atoms with van der Waals surface area (Å²) in [7, 11) is 0. The van der Waals surface area contributed by atoms with Gasteiger partial charge in [0, 0.05) is 11.8 Å². The second-order valence-electron chi connectivity index (χ2n) is 10.4. The summed E-state index contributed by atoms with van der Waals surface area (Å²) < 4.78 is 0. The molecule has 2 unspecified atom stereocenters. The van der Waals surface area contributed by atoms with Gasteiger partial charge in [-0.15, -0.1) is 0 Å². The number of rotatable bonds is 3. The van der Waals surface area contributed by atoms with Crippen LogP contribution in [0.2, 0.25) is 0 Å². The second-order valence-corrected chi connectivity index (χ2v) is 10.4. The van der Waals surface area contributed by atoms with E-state index in [4.69, 9.17) is 0 Å². The van der Waals surface area contributed by atoms with Crippen molar-refractivity contribution in [1.29, 1.82) is 0 Å². The molecule has 0 aliphatic heterocycles. The van der Waals surface area contributed by atoms with E-state index in [-0.39, 0.29) is 0 Å². The van der Waals surface area contributed by atoms with Crippen molar-refractivity contribution in [3.63, 3.8) is 0 Å². The number of hydrogen-bond acceptors (Lipinski definition) is 0. The molecule has 0 bridgehead atoms. The standard InChI is InChI=1S/C28H32/c1-27(2)15-16-28(3,4)26-18-24-21(13-14-22(24)17-25(26)27)12-11-20-10-9-19-7-5-6-8-23(19)20/h5-10,13-14,17-18,20-21H,11-12,15-16H2,1-4H3. The first kappa shape index (κ1) is 18.0. The lowest BCUT2D eigenvalue weighted by molar-refractivity contribution is 0.331. The minimum atomic E-state index is 0.292. The van der Waals surface area contributed by atoms with E-state index in [0.29, 0.717) is 22.7 Å². The number of hydrogen-bond donors (Lipinski definition) is 0. The number of benzene rings is 2. The molecule has 0 saturated heterocycles. The molecule has 3 aliphatic rings. The van der Waals surface area contributed by atoms with E-state index in [0.717, 1.165) is 0 Å². The Kier molecular flexibility index (Phi) is 3.99. The first-order chi connectivity index (χ1) is 13.4. The van der Waals surface area contributed by atoms with Crippen LogP contribution in [0.3, 0.4) is 0 Å². The maximum atomic E-state index is 2.58. The van der Waals surface area contributed by atoms with Gasteiger partial charge in [0.2, 0.25) is 0 Å². The summed E-state index contributed by atoms with van der Waals surface area (Å²) in [5, 5.41) is 0. The summed E-state index contributed by atoms with van der Waals surface area (Å²) >= 11 is 0. The van der Waals surface area contributed by atoms with E-state index in [1.807, 2.05) is 0 Å². The van der Waals surface area contributed by atoms with Gasteiger partial charge in [-0.05, 0) is 69.9 Å². The van der Waals surface area contributed by atoms with Gasteiger partial charge in [-0.3, -0.25) is 0 Å². The Morgan fingerprint density at radius 3 is 2.00 bits per heavy atom. The molecule has 0 heteroatoms. The molecule has 0 spiro atoms. The van der Waals surface area contributed by atoms with Crippen LogP contribution in [0, 0.1) is 0 Å². The summed E-state index contributed by atoms with van der Waals surface area (Å²) in [5.74, 6) is 1.16. The normalized spacial score (nSPS) is 25.4. The van der Waals surface area contributed by atoms with Crippen molar-refractivity contribution < 1.29 is 0 Å². The fourth-order valence-corrected chi connectivity index (χ4v) is 5.62. The average Bonchev–Trinajstić information content (AvgIpc) is 3.27. The third kappa shape index (κ3) is 2.81. The van der Waals surface area contributed by atoms with Crippen molar-refractivity contribution >= 4 is 12.2 Å². The lowest BCUT2D eigenvalue weighted by Crippen LogP contribution is -2.34. The zero-order valence-electron chi connectivity index (χ0n) is 17.8. The van der Waals surface area contributed by atoms with Crippen molar-refractivity contribution in [2.45, 2.75) is 76.0 Å². The highest BCUT2D eigenvalue weighted by atomic mass is 14.4. The summed E-state index contributed by atoms with van der Waals surface area (Å²) in [6, 6.07) is 14.0. The molecule has 0 heterocycles. The van der Waals surface area contributed by atoms with Gasteiger partial charge in [-0.2, -0.15) is 0 Å². The van der Waals surface area contributed by atoms with Crippen LogP contribution in [-0.4, -0.2) is 0 Å². The molecule has 0 saturated carbocycles. The quantitative estimate of drug-likeness (QED) is 0.520. The monoisotopic (exact) mass is 368 g/mol. The van der Waals surface area contributed by atoms with Gasteiger partial charge in [0.1, 0.15) is 0 Å². The predicted octanol–water partition coefficient (Wildman–Crippen LogP) is 7.74. The fourth-order valence-electron chi connectivity index (χ4n) is 5.62. The number of allylic oxidation sites excluding steroid dienone is 2. The van der Waals surface area contributed by atoms with E-state index in [1.165, 1.54) is 42.4 Å². The molecule has 2 aromatic rings. The molecule has 2 aromatic carbocycles. The van der Waals surface area contributed by atoms with Crippen molar-refractivity contribution in [1.82, 2.24) is 0 Å². The largest absolute Gasteiger partial charge is 0.0764 e. The van der Waals surface area contributed by atoms with Gasteiger partial charge in [0.25, 0.3) is 0 Å². The van der Waals surface area contributed by atoms with Crippen LogP contribution in [0.1, 0.15) is 98.6 Å². The zero-order valence-corrected chi connectivity index (χ0v) is 17.8. The topological polar surface area (TPSA) is 0 Å². The minimum absolute atomic E-state index is 0.292. The van der Waals surface area contributed by atoms with Crippen LogP contribution in [0.15, 0.2) is 48.6 Å². The number of fused-ring (bicyclic) bond motifs is 3. The molecular formula is C28H32. The molecule has 144 valence electrons. The Bertz CT molecular complexity index is 983. The minimum Gasteiger partial charge on any atom is -0.0764 e. The highest BCUT2D eigenvalue weighted by Crippen LogP contribution is 2.49. The van der Waals surface area contributed by atoms with Crippen molar-refractivity contribution in [2.24, 2.45) is 0 Å². The molecule has 0 fully saturated rings. The third-order valence-electron chi connectivity index (χ3n) is 7.66. The average molecular weight is 369 g/mol. The molecule has 3 aliphatic carbocycles. The molecule has 0 aromatic heterocycles. The summed E-state index contributed by atoms with van der Waals surface area (Å²) in [5.41, 5.74) is 9.73. The van der Waals surface area contributed by atoms with E-state index in [9.17, 15) is 0 Å². The lowest BCUT2D eigenvalue weighted by Gasteiger charge is -2.42. The maximum Gasteiger partial charge on any atom is 0.00276 e. The Morgan fingerprint density at radius 2 is 1.29 bits per heavy atom. The van der Waals surface area contributed by atoms with Gasteiger partial charge < -0.3 is 0 Å². The molecule has 0 radical (unpaired) electrons. The molecule has 0 nitrogen and oxygen atoms in total. The van der Waals surface area contributed by atoms with Crippen LogP contribution in [-0.2, 0) is 10.8 Å². The van der Waals surface area contributed by atoms with E-state index < -0.39 is 0 Å². The van der Waals surface area contributed by atoms with Gasteiger partial charge in [-0.1, -0.05) is 88.4 Å². The van der Waals surface area contributed by atoms with Gasteiger partial charge >= 0.3 is 0 Å². The maximum absolute atomic E-state index is 2.58. The Hall–Kier alpha value is -2.08. The Morgan fingerprint density at radius 1 is 0.714 bits per heavy atom. The molecule has 28 heavy (non-hydrogen) atoms. The smallest absolute Gasteiger partial charge is 0.00276 e. The van der Waals surface area contributed by atoms with Crippen LogP contribution in [0.4, 0.5) is 0 Å². The SMILES string of the molecule is CC1(C)CCC(C)(C)c2cc3c(cc21)C=CC3CCC1C=Cc2ccccc21. The van der Waals surface area contributed by atoms with Gasteiger partial charge in [0.15, 0.2) is 0 Å². The first-order valence-corrected chi connectivity index (χ1v) is 11.0. The van der Waals surface area contributed by atoms with Gasteiger partial charge in [0.05, 0.1) is 0 Å². The molecular weight excluding hydrogens is 336 g/mol. The van der Waals surface area contributed by atoms with Crippen molar-refractivity contribution in [3.05, 3.63) is 81.9 Å². The van der Waals surface area contributed by atoms with Crippen LogP contribution >= 0.6 is 0 Å². The molecule has 0 N–H and O–H groups in total. The van der Waals surface area contributed by atoms with Crippen LogP contribution < -0.4 is 0 Å². The predicted molar refractivity (Wildman–Crippen MR) is 121 cm³/mol. The van der Waals surface area contributed by atoms with E-state index in [1.54, 1.807) is 16.7 Å². The first-order valence-electron chi connectivity index (χ1n) is 11.0. The molecule has 5 rings (SSSR count). The molecule has 0 amide bonds. The highest BCUT2D eigenvalue weighted by Gasteiger charge is 2.38. The van der Waals surface area contributed by atoms with Crippen LogP contribution in [0.5, 0.6) is 0 Å². The summed E-state index contributed by atoms with van der Waals surface area (Å²) in [4.78, 5) is 0. The lowest BCUT2D eigenvalue weighted by atomic mass is 9.62. The van der Waals surface area contributed by atoms with Crippen molar-refractivity contribution in [2.75, 3.05) is 0 Å².